The molecule has 0 aliphatic rings. The molecule has 21 heavy (non-hydrogen) atoms. The molecule has 2 aromatic rings. The fraction of sp³-hybridized carbons (Fsp3) is 0.353. The number of hydrogen-bond donors (Lipinski definition) is 1. The predicted octanol–water partition coefficient (Wildman–Crippen LogP) is 5.54. The lowest BCUT2D eigenvalue weighted by Gasteiger charge is -2.23. The number of thioether (sulfide) groups is 1. The molecule has 1 heterocycles. The maximum absolute atomic E-state index is 9.51. The van der Waals surface area contributed by atoms with Crippen LogP contribution in [0.2, 0.25) is 0 Å². The van der Waals surface area contributed by atoms with Gasteiger partial charge in [-0.1, -0.05) is 32.9 Å². The standard InChI is InChI=1S/C17H20N2S2/c1-4-20-15-8-5-7-14(13(15)11-18)19-17(12(2)3)16-9-6-10-21-16/h5-10,12,17,19H,4H2,1-3H3. The number of nitrogens with zero attached hydrogens (tertiary/aromatic N) is 1. The van der Waals surface area contributed by atoms with Crippen LogP contribution in [-0.2, 0) is 0 Å². The summed E-state index contributed by atoms with van der Waals surface area (Å²) in [6, 6.07) is 12.9. The topological polar surface area (TPSA) is 35.8 Å². The van der Waals surface area contributed by atoms with Crippen molar-refractivity contribution in [3.8, 4) is 6.07 Å². The third kappa shape index (κ3) is 3.81. The molecule has 1 aromatic carbocycles. The Labute approximate surface area is 135 Å². The van der Waals surface area contributed by atoms with Gasteiger partial charge in [0.15, 0.2) is 0 Å². The average molecular weight is 316 g/mol. The van der Waals surface area contributed by atoms with E-state index in [-0.39, 0.29) is 6.04 Å². The van der Waals surface area contributed by atoms with Crippen molar-refractivity contribution in [2.45, 2.75) is 31.7 Å². The van der Waals surface area contributed by atoms with Crippen LogP contribution in [0.4, 0.5) is 5.69 Å². The first-order chi connectivity index (χ1) is 10.2. The zero-order valence-corrected chi connectivity index (χ0v) is 14.2. The minimum Gasteiger partial charge on any atom is -0.376 e. The van der Waals surface area contributed by atoms with Crippen molar-refractivity contribution >= 4 is 28.8 Å². The Morgan fingerprint density at radius 2 is 2.10 bits per heavy atom. The van der Waals surface area contributed by atoms with Crippen LogP contribution in [0.5, 0.6) is 0 Å². The zero-order valence-electron chi connectivity index (χ0n) is 12.6. The molecule has 0 bridgehead atoms. The SMILES string of the molecule is CCSc1cccc(NC(c2cccs2)C(C)C)c1C#N. The van der Waals surface area contributed by atoms with E-state index in [9.17, 15) is 5.26 Å². The highest BCUT2D eigenvalue weighted by atomic mass is 32.2. The summed E-state index contributed by atoms with van der Waals surface area (Å²) in [7, 11) is 0. The van der Waals surface area contributed by atoms with Gasteiger partial charge in [-0.25, -0.2) is 0 Å². The van der Waals surface area contributed by atoms with Gasteiger partial charge in [-0.3, -0.25) is 0 Å². The molecule has 0 aliphatic heterocycles. The van der Waals surface area contributed by atoms with Crippen LogP contribution in [0.1, 0.15) is 37.3 Å². The first kappa shape index (κ1) is 15.9. The normalized spacial score (nSPS) is 12.1. The highest BCUT2D eigenvalue weighted by molar-refractivity contribution is 7.99. The van der Waals surface area contributed by atoms with Gasteiger partial charge in [-0.05, 0) is 35.2 Å². The van der Waals surface area contributed by atoms with E-state index in [0.717, 1.165) is 21.9 Å². The third-order valence-corrected chi connectivity index (χ3v) is 5.16. The lowest BCUT2D eigenvalue weighted by atomic mass is 10.0. The molecule has 0 fully saturated rings. The maximum Gasteiger partial charge on any atom is 0.102 e. The maximum atomic E-state index is 9.51. The molecule has 0 spiro atoms. The van der Waals surface area contributed by atoms with Crippen LogP contribution in [-0.4, -0.2) is 5.75 Å². The molecule has 1 atom stereocenters. The van der Waals surface area contributed by atoms with Gasteiger partial charge in [0.1, 0.15) is 6.07 Å². The van der Waals surface area contributed by atoms with Gasteiger partial charge in [-0.15, -0.1) is 23.1 Å². The highest BCUT2D eigenvalue weighted by Gasteiger charge is 2.19. The second-order valence-electron chi connectivity index (χ2n) is 5.10. The Hall–Kier alpha value is -1.44. The van der Waals surface area contributed by atoms with E-state index in [4.69, 9.17) is 0 Å². The number of nitrogens with one attached hydrogen (secondary N) is 1. The van der Waals surface area contributed by atoms with E-state index in [1.807, 2.05) is 18.2 Å². The van der Waals surface area contributed by atoms with Gasteiger partial charge in [0.05, 0.1) is 17.3 Å². The summed E-state index contributed by atoms with van der Waals surface area (Å²) in [6.45, 7) is 6.51. The minimum absolute atomic E-state index is 0.235. The molecule has 0 saturated heterocycles. The van der Waals surface area contributed by atoms with Gasteiger partial charge >= 0.3 is 0 Å². The van der Waals surface area contributed by atoms with Crippen molar-refractivity contribution in [3.05, 3.63) is 46.2 Å². The predicted molar refractivity (Wildman–Crippen MR) is 93.1 cm³/mol. The number of thiophene rings is 1. The summed E-state index contributed by atoms with van der Waals surface area (Å²) >= 11 is 3.47. The highest BCUT2D eigenvalue weighted by Crippen LogP contribution is 2.34. The third-order valence-electron chi connectivity index (χ3n) is 3.27. The molecule has 4 heteroatoms. The average Bonchev–Trinajstić information content (AvgIpc) is 2.98. The second-order valence-corrected chi connectivity index (χ2v) is 7.39. The molecule has 0 aliphatic carbocycles. The van der Waals surface area contributed by atoms with E-state index in [1.165, 1.54) is 4.88 Å². The smallest absolute Gasteiger partial charge is 0.102 e. The van der Waals surface area contributed by atoms with E-state index in [1.54, 1.807) is 23.1 Å². The summed E-state index contributed by atoms with van der Waals surface area (Å²) in [6.07, 6.45) is 0. The Kier molecular flexibility index (Phi) is 5.72. The quantitative estimate of drug-likeness (QED) is 0.711. The molecule has 110 valence electrons. The van der Waals surface area contributed by atoms with E-state index in [0.29, 0.717) is 5.92 Å². The number of hydrogen-bond acceptors (Lipinski definition) is 4. The number of nitriles is 1. The van der Waals surface area contributed by atoms with Crippen molar-refractivity contribution in [3.63, 3.8) is 0 Å². The van der Waals surface area contributed by atoms with E-state index in [2.05, 4.69) is 49.7 Å². The molecular formula is C17H20N2S2. The van der Waals surface area contributed by atoms with Crippen LogP contribution >= 0.6 is 23.1 Å². The molecule has 2 nitrogen and oxygen atoms in total. The van der Waals surface area contributed by atoms with Crippen molar-refractivity contribution in [1.82, 2.24) is 0 Å². The Morgan fingerprint density at radius 1 is 1.29 bits per heavy atom. The fourth-order valence-electron chi connectivity index (χ4n) is 2.24. The van der Waals surface area contributed by atoms with Crippen molar-refractivity contribution in [2.75, 3.05) is 11.1 Å². The van der Waals surface area contributed by atoms with Gasteiger partial charge < -0.3 is 5.32 Å². The van der Waals surface area contributed by atoms with Gasteiger partial charge in [0, 0.05) is 9.77 Å². The molecule has 0 saturated carbocycles. The van der Waals surface area contributed by atoms with Crippen LogP contribution in [0.15, 0.2) is 40.6 Å². The van der Waals surface area contributed by atoms with E-state index < -0.39 is 0 Å². The summed E-state index contributed by atoms with van der Waals surface area (Å²) in [5.74, 6) is 1.43. The van der Waals surface area contributed by atoms with Crippen molar-refractivity contribution in [1.29, 1.82) is 5.26 Å². The summed E-state index contributed by atoms with van der Waals surface area (Å²) in [4.78, 5) is 2.36. The molecule has 2 rings (SSSR count). The Bertz CT molecular complexity index is 612. The first-order valence-corrected chi connectivity index (χ1v) is 8.99. The van der Waals surface area contributed by atoms with Gasteiger partial charge in [0.2, 0.25) is 0 Å². The second kappa shape index (κ2) is 7.53. The van der Waals surface area contributed by atoms with Crippen LogP contribution < -0.4 is 5.32 Å². The summed E-state index contributed by atoms with van der Waals surface area (Å²) in [5.41, 5.74) is 1.69. The van der Waals surface area contributed by atoms with Crippen molar-refractivity contribution < 1.29 is 0 Å². The van der Waals surface area contributed by atoms with Crippen LogP contribution in [0.25, 0.3) is 0 Å². The largest absolute Gasteiger partial charge is 0.376 e. The lowest BCUT2D eigenvalue weighted by Crippen LogP contribution is -2.16. The number of anilines is 1. The number of rotatable bonds is 6. The zero-order chi connectivity index (χ0) is 15.2. The van der Waals surface area contributed by atoms with Crippen molar-refractivity contribution in [2.24, 2.45) is 5.92 Å². The summed E-state index contributed by atoms with van der Waals surface area (Å²) < 4.78 is 0. The lowest BCUT2D eigenvalue weighted by molar-refractivity contribution is 0.553. The monoisotopic (exact) mass is 316 g/mol. The summed E-state index contributed by atoms with van der Waals surface area (Å²) in [5, 5.41) is 15.2. The molecular weight excluding hydrogens is 296 g/mol. The van der Waals surface area contributed by atoms with E-state index >= 15 is 0 Å². The molecule has 1 unspecified atom stereocenters. The molecule has 0 radical (unpaired) electrons. The number of benzene rings is 1. The molecule has 1 aromatic heterocycles. The fourth-order valence-corrected chi connectivity index (χ4v) is 3.98. The van der Waals surface area contributed by atoms with Crippen LogP contribution in [0, 0.1) is 17.2 Å². The Balaban J connectivity index is 2.33. The van der Waals surface area contributed by atoms with Crippen LogP contribution in [0.3, 0.4) is 0 Å². The minimum atomic E-state index is 0.235. The van der Waals surface area contributed by atoms with Gasteiger partial charge in [0.25, 0.3) is 0 Å². The van der Waals surface area contributed by atoms with Gasteiger partial charge in [-0.2, -0.15) is 5.26 Å². The molecule has 1 N–H and O–H groups in total. The molecule has 0 amide bonds. The first-order valence-electron chi connectivity index (χ1n) is 7.13. The Morgan fingerprint density at radius 3 is 2.67 bits per heavy atom.